The number of hydrogen-bond acceptors (Lipinski definition) is 12. The van der Waals surface area contributed by atoms with E-state index in [0.717, 1.165) is 25.8 Å². The average molecular weight is 681 g/mol. The Bertz CT molecular complexity index is 1100. The van der Waals surface area contributed by atoms with E-state index in [1.165, 1.54) is 32.1 Å². The maximum Gasteiger partial charge on any atom is 0.187 e. The normalized spacial score (nSPS) is 47.4. The lowest BCUT2D eigenvalue weighted by Crippen LogP contribution is -2.68. The number of hydrogen-bond donors (Lipinski definition) is 7. The van der Waals surface area contributed by atoms with Crippen LogP contribution in [-0.2, 0) is 23.8 Å². The highest BCUT2D eigenvalue weighted by Crippen LogP contribution is 2.50. The van der Waals surface area contributed by atoms with Crippen molar-refractivity contribution in [2.24, 2.45) is 47.2 Å². The molecule has 0 radical (unpaired) electrons. The first-order valence-corrected chi connectivity index (χ1v) is 18.8. The van der Waals surface area contributed by atoms with Gasteiger partial charge in [-0.1, -0.05) is 44.9 Å². The van der Waals surface area contributed by atoms with Crippen molar-refractivity contribution in [1.82, 2.24) is 5.32 Å². The molecule has 274 valence electrons. The lowest BCUT2D eigenvalue weighted by Gasteiger charge is -2.52. The van der Waals surface area contributed by atoms with Gasteiger partial charge < -0.3 is 50.8 Å². The Morgan fingerprint density at radius 3 is 2.31 bits per heavy atom. The minimum absolute atomic E-state index is 0.0215. The lowest BCUT2D eigenvalue weighted by atomic mass is 9.55. The zero-order valence-corrected chi connectivity index (χ0v) is 28.5. The van der Waals surface area contributed by atoms with Crippen LogP contribution in [0.5, 0.6) is 0 Å². The molecule has 2 heterocycles. The molecule has 48 heavy (non-hydrogen) atoms. The van der Waals surface area contributed by atoms with Crippen molar-refractivity contribution in [1.29, 1.82) is 0 Å². The summed E-state index contributed by atoms with van der Waals surface area (Å²) in [6, 6.07) is 0. The summed E-state index contributed by atoms with van der Waals surface area (Å²) < 4.78 is 18.0. The Morgan fingerprint density at radius 1 is 0.875 bits per heavy atom. The molecule has 6 aliphatic rings. The molecule has 4 aliphatic carbocycles. The number of carbonyl (C=O) groups is 2. The van der Waals surface area contributed by atoms with Gasteiger partial charge in [0.25, 0.3) is 0 Å². The molecule has 6 rings (SSSR count). The van der Waals surface area contributed by atoms with Crippen molar-refractivity contribution in [3.63, 3.8) is 0 Å². The lowest BCUT2D eigenvalue weighted by molar-refractivity contribution is -0.346. The number of ketones is 2. The highest BCUT2D eigenvalue weighted by molar-refractivity contribution is 6.00. The van der Waals surface area contributed by atoms with Crippen LogP contribution in [0, 0.1) is 41.4 Å². The summed E-state index contributed by atoms with van der Waals surface area (Å²) in [6.07, 6.45) is 3.93. The van der Waals surface area contributed by atoms with Crippen LogP contribution in [0.2, 0.25) is 0 Å². The van der Waals surface area contributed by atoms with E-state index in [2.05, 4.69) is 5.32 Å². The fraction of sp³-hybridized carbons (Fsp3) is 0.944. The highest BCUT2D eigenvalue weighted by Gasteiger charge is 2.60. The molecule has 4 saturated carbocycles. The van der Waals surface area contributed by atoms with Gasteiger partial charge in [-0.2, -0.15) is 0 Å². The Kier molecular flexibility index (Phi) is 12.0. The van der Waals surface area contributed by atoms with E-state index in [4.69, 9.17) is 19.9 Å². The number of nitrogens with two attached hydrogens (primary N) is 1. The summed E-state index contributed by atoms with van der Waals surface area (Å²) in [6.45, 7) is 0.122. The summed E-state index contributed by atoms with van der Waals surface area (Å²) in [4.78, 5) is 28.4. The van der Waals surface area contributed by atoms with Crippen molar-refractivity contribution in [3.8, 4) is 0 Å². The first-order chi connectivity index (χ1) is 23.0. The molecule has 6 fully saturated rings. The molecular weight excluding hydrogens is 620 g/mol. The smallest absolute Gasteiger partial charge is 0.187 e. The van der Waals surface area contributed by atoms with Crippen LogP contribution in [0.1, 0.15) is 96.3 Å². The molecule has 10 unspecified atom stereocenters. The first-order valence-electron chi connectivity index (χ1n) is 18.8. The van der Waals surface area contributed by atoms with Crippen molar-refractivity contribution in [2.45, 2.75) is 151 Å². The number of methoxy groups -OCH3 is 1. The standard InChI is InChI=1S/C36H60N2O10/c1-46-22-16-24-30(32(42)29-23(31(24)41)13-21(14-25(29)40)8-7-19-5-3-2-4-6-19)26(17-22)47-35-33(43)34(44)36(45,27(18-39)48-35)11-9-20-10-12-38-28(37)15-20/h19-30,33-35,38-40,43-45H,2-18,37H2,1H3/t20?,21?,22?,23?,24?,25?,26?,27-,28?,29?,30?,33-,34-,35+,36-/m1/s1. The Labute approximate surface area is 284 Å². The van der Waals surface area contributed by atoms with Crippen molar-refractivity contribution in [3.05, 3.63) is 0 Å². The molecule has 0 spiro atoms. The Balaban J connectivity index is 1.14. The van der Waals surface area contributed by atoms with E-state index in [-0.39, 0.29) is 48.5 Å². The van der Waals surface area contributed by atoms with Gasteiger partial charge in [-0.3, -0.25) is 9.59 Å². The van der Waals surface area contributed by atoms with Crippen molar-refractivity contribution in [2.75, 3.05) is 20.3 Å². The van der Waals surface area contributed by atoms with E-state index < -0.39 is 72.7 Å². The number of nitrogens with one attached hydrogen (secondary N) is 1. The largest absolute Gasteiger partial charge is 0.394 e. The van der Waals surface area contributed by atoms with E-state index in [9.17, 15) is 35.1 Å². The summed E-state index contributed by atoms with van der Waals surface area (Å²) in [7, 11) is 1.55. The Morgan fingerprint density at radius 2 is 1.60 bits per heavy atom. The predicted octanol–water partition coefficient (Wildman–Crippen LogP) is 1.16. The van der Waals surface area contributed by atoms with Gasteiger partial charge in [0.15, 0.2) is 6.29 Å². The van der Waals surface area contributed by atoms with E-state index in [1.807, 2.05) is 0 Å². The third-order valence-corrected chi connectivity index (χ3v) is 13.2. The molecule has 0 amide bonds. The fourth-order valence-corrected chi connectivity index (χ4v) is 10.4. The molecule has 12 heteroatoms. The number of rotatable bonds is 10. The van der Waals surface area contributed by atoms with Crippen LogP contribution in [0.25, 0.3) is 0 Å². The van der Waals surface area contributed by atoms with Gasteiger partial charge in [0.1, 0.15) is 35.5 Å². The van der Waals surface area contributed by atoms with Gasteiger partial charge in [0.05, 0.1) is 42.9 Å². The van der Waals surface area contributed by atoms with E-state index in [0.29, 0.717) is 38.0 Å². The van der Waals surface area contributed by atoms with Crippen LogP contribution in [0.15, 0.2) is 0 Å². The number of ether oxygens (including phenoxy) is 3. The van der Waals surface area contributed by atoms with Gasteiger partial charge in [-0.05, 0) is 69.2 Å². The number of aliphatic hydroxyl groups excluding tert-OH is 4. The van der Waals surface area contributed by atoms with Crippen molar-refractivity contribution < 1.29 is 49.3 Å². The maximum absolute atomic E-state index is 14.3. The molecule has 12 nitrogen and oxygen atoms in total. The average Bonchev–Trinajstić information content (AvgIpc) is 3.09. The minimum atomic E-state index is -1.93. The predicted molar refractivity (Wildman–Crippen MR) is 174 cm³/mol. The second-order valence-corrected chi connectivity index (χ2v) is 16.2. The van der Waals surface area contributed by atoms with Crippen LogP contribution >= 0.6 is 0 Å². The molecule has 2 saturated heterocycles. The first kappa shape index (κ1) is 36.7. The molecule has 0 bridgehead atoms. The zero-order valence-electron chi connectivity index (χ0n) is 28.5. The fourth-order valence-electron chi connectivity index (χ4n) is 10.4. The number of piperidine rings is 1. The summed E-state index contributed by atoms with van der Waals surface area (Å²) in [5.74, 6) is -1.93. The minimum Gasteiger partial charge on any atom is -0.394 e. The number of fused-ring (bicyclic) bond motifs is 2. The molecule has 15 atom stereocenters. The topological polar surface area (TPSA) is 201 Å². The molecule has 0 aromatic heterocycles. The molecule has 8 N–H and O–H groups in total. The van der Waals surface area contributed by atoms with Gasteiger partial charge in [-0.25, -0.2) is 0 Å². The number of aliphatic hydroxyl groups is 5. The van der Waals surface area contributed by atoms with Gasteiger partial charge >= 0.3 is 0 Å². The maximum atomic E-state index is 14.3. The SMILES string of the molecule is COC1CC(O[C@H]2O[C@H](CO)[C@](O)(CCC3CCNC(N)C3)[C@H](O)[C@H]2O)C2C(=O)C3C(O)CC(CCC4CCCCC4)CC3C(=O)C2C1. The van der Waals surface area contributed by atoms with Crippen LogP contribution in [0.4, 0.5) is 0 Å². The van der Waals surface area contributed by atoms with Crippen LogP contribution < -0.4 is 11.1 Å². The third-order valence-electron chi connectivity index (χ3n) is 13.2. The van der Waals surface area contributed by atoms with Crippen LogP contribution in [-0.4, -0.2) is 112 Å². The third kappa shape index (κ3) is 7.45. The monoisotopic (exact) mass is 680 g/mol. The number of carbonyl (C=O) groups excluding carboxylic acids is 2. The summed E-state index contributed by atoms with van der Waals surface area (Å²) in [5.41, 5.74) is 4.10. The summed E-state index contributed by atoms with van der Waals surface area (Å²) >= 11 is 0. The van der Waals surface area contributed by atoms with Crippen molar-refractivity contribution >= 4 is 11.6 Å². The Hall–Kier alpha value is -1.06. The van der Waals surface area contributed by atoms with Crippen LogP contribution in [0.3, 0.4) is 0 Å². The molecule has 0 aromatic rings. The van der Waals surface area contributed by atoms with E-state index >= 15 is 0 Å². The van der Waals surface area contributed by atoms with Gasteiger partial charge in [0.2, 0.25) is 0 Å². The highest BCUT2D eigenvalue weighted by atomic mass is 16.7. The second-order valence-electron chi connectivity index (χ2n) is 16.2. The quantitative estimate of drug-likeness (QED) is 0.174. The number of Topliss-reactive ketones (excluding diaryl/α,β-unsaturated/α-hetero) is 2. The summed E-state index contributed by atoms with van der Waals surface area (Å²) in [5, 5.41) is 58.9. The molecule has 0 aromatic carbocycles. The van der Waals surface area contributed by atoms with E-state index in [1.54, 1.807) is 7.11 Å². The molecule has 2 aliphatic heterocycles. The second kappa shape index (κ2) is 15.7. The zero-order chi connectivity index (χ0) is 34.2. The molecular formula is C36H60N2O10. The van der Waals surface area contributed by atoms with Gasteiger partial charge in [0, 0.05) is 25.4 Å². The van der Waals surface area contributed by atoms with Gasteiger partial charge in [-0.15, -0.1) is 0 Å².